The molecule has 1 heterocycles. The highest BCUT2D eigenvalue weighted by Crippen LogP contribution is 2.17. The number of carbonyl (C=O) groups excluding carboxylic acids is 1. The Labute approximate surface area is 83.5 Å². The predicted octanol–water partition coefficient (Wildman–Crippen LogP) is -1.42. The second-order valence-electron chi connectivity index (χ2n) is 2.55. The lowest BCUT2D eigenvalue weighted by molar-refractivity contribution is -0.304. The molecule has 7 heteroatoms. The van der Waals surface area contributed by atoms with E-state index in [4.69, 9.17) is 5.73 Å². The largest absolute Gasteiger partial charge is 0.549 e. The second-order valence-corrected chi connectivity index (χ2v) is 3.88. The van der Waals surface area contributed by atoms with Gasteiger partial charge in [-0.1, -0.05) is 11.8 Å². The minimum Gasteiger partial charge on any atom is -0.549 e. The first kappa shape index (κ1) is 10.6. The van der Waals surface area contributed by atoms with Crippen molar-refractivity contribution < 1.29 is 9.90 Å². The molecule has 0 aliphatic rings. The van der Waals surface area contributed by atoms with E-state index in [2.05, 4.69) is 9.97 Å². The Morgan fingerprint density at radius 2 is 2.43 bits per heavy atom. The summed E-state index contributed by atoms with van der Waals surface area (Å²) in [5, 5.41) is 9.77. The highest BCUT2D eigenvalue weighted by molar-refractivity contribution is 8.00. The maximum absolute atomic E-state index is 10.9. The van der Waals surface area contributed by atoms with Crippen molar-refractivity contribution in [3.63, 3.8) is 0 Å². The zero-order valence-electron chi connectivity index (χ0n) is 7.31. The van der Waals surface area contributed by atoms with Crippen LogP contribution in [0.1, 0.15) is 6.92 Å². The summed E-state index contributed by atoms with van der Waals surface area (Å²) in [6.07, 6.45) is 0. The van der Waals surface area contributed by atoms with Crippen LogP contribution < -0.4 is 16.4 Å². The molecule has 1 atom stereocenters. The molecule has 0 fully saturated rings. The van der Waals surface area contributed by atoms with Crippen molar-refractivity contribution in [3.05, 3.63) is 16.4 Å². The molecule has 0 saturated carbocycles. The van der Waals surface area contributed by atoms with Gasteiger partial charge in [-0.25, -0.2) is 4.98 Å². The summed E-state index contributed by atoms with van der Waals surface area (Å²) in [4.78, 5) is 27.4. The number of thioether (sulfide) groups is 1. The number of nitrogens with zero attached hydrogens (tertiary/aromatic N) is 1. The number of H-pyrrole nitrogens is 1. The summed E-state index contributed by atoms with van der Waals surface area (Å²) in [5.74, 6) is -1.16. The Morgan fingerprint density at radius 1 is 1.79 bits per heavy atom. The summed E-state index contributed by atoms with van der Waals surface area (Å²) in [6.45, 7) is 1.43. The third-order valence-corrected chi connectivity index (χ3v) is 2.32. The van der Waals surface area contributed by atoms with Crippen LogP contribution in [0, 0.1) is 0 Å². The molecule has 1 unspecified atom stereocenters. The highest BCUT2D eigenvalue weighted by Gasteiger charge is 2.07. The summed E-state index contributed by atoms with van der Waals surface area (Å²) < 4.78 is 0. The van der Waals surface area contributed by atoms with E-state index in [1.54, 1.807) is 0 Å². The van der Waals surface area contributed by atoms with Crippen LogP contribution in [-0.4, -0.2) is 21.2 Å². The van der Waals surface area contributed by atoms with Crippen LogP contribution in [0.2, 0.25) is 0 Å². The monoisotopic (exact) mass is 214 g/mol. The van der Waals surface area contributed by atoms with Gasteiger partial charge in [0.1, 0.15) is 5.82 Å². The molecule has 3 N–H and O–H groups in total. The van der Waals surface area contributed by atoms with E-state index in [-0.39, 0.29) is 11.0 Å². The molecule has 0 amide bonds. The third kappa shape index (κ3) is 2.77. The number of aliphatic carboxylic acids is 1. The summed E-state index contributed by atoms with van der Waals surface area (Å²) in [7, 11) is 0. The summed E-state index contributed by atoms with van der Waals surface area (Å²) >= 11 is 0.871. The van der Waals surface area contributed by atoms with E-state index in [1.165, 1.54) is 6.92 Å². The number of anilines is 1. The van der Waals surface area contributed by atoms with Gasteiger partial charge in [0.25, 0.3) is 5.56 Å². The Morgan fingerprint density at radius 3 is 2.93 bits per heavy atom. The molecule has 76 valence electrons. The first-order chi connectivity index (χ1) is 6.49. The van der Waals surface area contributed by atoms with Crippen LogP contribution in [0.25, 0.3) is 0 Å². The summed E-state index contributed by atoms with van der Waals surface area (Å²) in [6, 6.07) is 1.12. The van der Waals surface area contributed by atoms with Crippen LogP contribution in [0.5, 0.6) is 0 Å². The van der Waals surface area contributed by atoms with Gasteiger partial charge in [0, 0.05) is 11.3 Å². The lowest BCUT2D eigenvalue weighted by Crippen LogP contribution is -2.31. The molecule has 14 heavy (non-hydrogen) atoms. The molecule has 0 aliphatic heterocycles. The van der Waals surface area contributed by atoms with Crippen molar-refractivity contribution in [1.29, 1.82) is 0 Å². The molecule has 6 nitrogen and oxygen atoms in total. The van der Waals surface area contributed by atoms with Crippen molar-refractivity contribution in [2.24, 2.45) is 0 Å². The summed E-state index contributed by atoms with van der Waals surface area (Å²) in [5.41, 5.74) is 4.89. The lowest BCUT2D eigenvalue weighted by Gasteiger charge is -2.10. The van der Waals surface area contributed by atoms with Crippen molar-refractivity contribution in [2.75, 3.05) is 5.73 Å². The highest BCUT2D eigenvalue weighted by atomic mass is 32.2. The smallest absolute Gasteiger partial charge is 0.253 e. The molecule has 0 aliphatic carbocycles. The maximum atomic E-state index is 10.9. The number of nitrogens with one attached hydrogen (secondary N) is 1. The molecule has 1 rings (SSSR count). The molecule has 0 aromatic carbocycles. The van der Waals surface area contributed by atoms with Gasteiger partial charge in [-0.05, 0) is 6.92 Å². The molecule has 0 spiro atoms. The average Bonchev–Trinajstić information content (AvgIpc) is 2.01. The van der Waals surface area contributed by atoms with E-state index >= 15 is 0 Å². The van der Waals surface area contributed by atoms with Gasteiger partial charge in [-0.3, -0.25) is 4.79 Å². The fraction of sp³-hybridized carbons (Fsp3) is 0.286. The number of carboxylic acid groups (broad SMARTS) is 1. The Kier molecular flexibility index (Phi) is 3.13. The number of aromatic amines is 1. The molecule has 0 saturated heterocycles. The minimum atomic E-state index is -1.22. The number of carbonyl (C=O) groups is 1. The Hall–Kier alpha value is -1.50. The molecule has 1 aromatic rings. The fourth-order valence-electron chi connectivity index (χ4n) is 0.725. The number of hydrogen-bond donors (Lipinski definition) is 2. The van der Waals surface area contributed by atoms with E-state index in [1.807, 2.05) is 0 Å². The van der Waals surface area contributed by atoms with Gasteiger partial charge < -0.3 is 20.6 Å². The standard InChI is InChI=1S/C7H9N3O3S/c1-3(6(12)13)14-7-9-4(8)2-5(11)10-7/h2-3H,1H3,(H,12,13)(H3,8,9,10,11)/p-1. The predicted molar refractivity (Wildman–Crippen MR) is 49.6 cm³/mol. The number of nitrogens with two attached hydrogens (primary N) is 1. The second kappa shape index (κ2) is 4.14. The quantitative estimate of drug-likeness (QED) is 0.472. The van der Waals surface area contributed by atoms with Crippen LogP contribution in [0.15, 0.2) is 16.0 Å². The molecular formula is C7H8N3O3S-. The molecule has 0 radical (unpaired) electrons. The van der Waals surface area contributed by atoms with E-state index in [0.29, 0.717) is 0 Å². The fourth-order valence-corrected chi connectivity index (χ4v) is 1.47. The maximum Gasteiger partial charge on any atom is 0.253 e. The zero-order chi connectivity index (χ0) is 10.7. The van der Waals surface area contributed by atoms with Gasteiger partial charge >= 0.3 is 0 Å². The molecule has 1 aromatic heterocycles. The number of nitrogen functional groups attached to an aromatic ring is 1. The Bertz CT molecular complexity index is 403. The van der Waals surface area contributed by atoms with Crippen molar-refractivity contribution in [1.82, 2.24) is 9.97 Å². The SMILES string of the molecule is CC(Sc1nc(N)cc(=O)[nH]1)C(=O)[O-]. The molecule has 0 bridgehead atoms. The van der Waals surface area contributed by atoms with Crippen molar-refractivity contribution >= 4 is 23.5 Å². The normalized spacial score (nSPS) is 12.4. The third-order valence-electron chi connectivity index (χ3n) is 1.36. The number of carboxylic acids is 1. The van der Waals surface area contributed by atoms with Crippen LogP contribution in [0.4, 0.5) is 5.82 Å². The van der Waals surface area contributed by atoms with Gasteiger partial charge in [0.05, 0.1) is 5.97 Å². The first-order valence-electron chi connectivity index (χ1n) is 3.73. The van der Waals surface area contributed by atoms with Gasteiger partial charge in [-0.2, -0.15) is 0 Å². The van der Waals surface area contributed by atoms with E-state index in [9.17, 15) is 14.7 Å². The Balaban J connectivity index is 2.87. The van der Waals surface area contributed by atoms with E-state index in [0.717, 1.165) is 17.8 Å². The number of aromatic nitrogens is 2. The number of rotatable bonds is 3. The van der Waals surface area contributed by atoms with Gasteiger partial charge in [-0.15, -0.1) is 0 Å². The van der Waals surface area contributed by atoms with Crippen molar-refractivity contribution in [3.8, 4) is 0 Å². The lowest BCUT2D eigenvalue weighted by atomic mass is 10.5. The van der Waals surface area contributed by atoms with Crippen LogP contribution in [-0.2, 0) is 4.79 Å². The van der Waals surface area contributed by atoms with Gasteiger partial charge in [0.2, 0.25) is 0 Å². The zero-order valence-corrected chi connectivity index (χ0v) is 8.13. The first-order valence-corrected chi connectivity index (χ1v) is 4.61. The minimum absolute atomic E-state index is 0.0572. The molecular weight excluding hydrogens is 206 g/mol. The van der Waals surface area contributed by atoms with Crippen molar-refractivity contribution in [2.45, 2.75) is 17.3 Å². The van der Waals surface area contributed by atoms with Gasteiger partial charge in [0.15, 0.2) is 5.16 Å². The average molecular weight is 214 g/mol. The van der Waals surface area contributed by atoms with Crippen LogP contribution >= 0.6 is 11.8 Å². The number of hydrogen-bond acceptors (Lipinski definition) is 6. The topological polar surface area (TPSA) is 112 Å². The van der Waals surface area contributed by atoms with Crippen LogP contribution in [0.3, 0.4) is 0 Å². The van der Waals surface area contributed by atoms with E-state index < -0.39 is 16.8 Å².